The van der Waals surface area contributed by atoms with Gasteiger partial charge >= 0.3 is 0 Å². The third-order valence-corrected chi connectivity index (χ3v) is 13.3. The molecule has 8 aromatic carbocycles. The lowest BCUT2D eigenvalue weighted by Crippen LogP contribution is -2.38. The average Bonchev–Trinajstić information content (AvgIpc) is 3.73. The molecule has 0 bridgehead atoms. The zero-order valence-corrected chi connectivity index (χ0v) is 37.6. The van der Waals surface area contributed by atoms with E-state index in [-0.39, 0.29) is 0 Å². The first kappa shape index (κ1) is 41.0. The van der Waals surface area contributed by atoms with Crippen molar-refractivity contribution < 1.29 is 18.9 Å². The summed E-state index contributed by atoms with van der Waals surface area (Å²) in [6, 6.07) is 64.5. The van der Waals surface area contributed by atoms with Crippen LogP contribution in [0.2, 0.25) is 0 Å². The molecule has 4 nitrogen and oxygen atoms in total. The van der Waals surface area contributed by atoms with Gasteiger partial charge in [0, 0.05) is 53.4 Å². The molecule has 0 radical (unpaired) electrons. The molecule has 0 saturated carbocycles. The number of ether oxygens (including phenoxy) is 4. The highest BCUT2D eigenvalue weighted by molar-refractivity contribution is 5.87. The number of fused-ring (bicyclic) bond motifs is 6. The van der Waals surface area contributed by atoms with Crippen LogP contribution in [0.15, 0.2) is 182 Å². The van der Waals surface area contributed by atoms with Crippen molar-refractivity contribution in [2.75, 3.05) is 13.2 Å². The molecule has 8 aromatic rings. The third-order valence-electron chi connectivity index (χ3n) is 13.3. The Morgan fingerprint density at radius 2 is 0.859 bits per heavy atom. The molecule has 4 heteroatoms. The quantitative estimate of drug-likeness (QED) is 0.0856. The maximum Gasteiger partial charge on any atom is 0.245 e. The Bertz CT molecular complexity index is 2920. The number of para-hydroxylation sites is 2. The predicted octanol–water partition coefficient (Wildman–Crippen LogP) is 14.7. The van der Waals surface area contributed by atoms with Gasteiger partial charge in [-0.25, -0.2) is 0 Å². The number of benzene rings is 8. The summed E-state index contributed by atoms with van der Waals surface area (Å²) in [6.07, 6.45) is 0.727. The normalized spacial score (nSPS) is 13.9. The van der Waals surface area contributed by atoms with Crippen molar-refractivity contribution in [3.8, 4) is 56.4 Å². The average molecular weight is 839 g/mol. The minimum atomic E-state index is -1.14. The van der Waals surface area contributed by atoms with Crippen molar-refractivity contribution in [2.24, 2.45) is 0 Å². The van der Waals surface area contributed by atoms with E-state index in [4.69, 9.17) is 18.9 Å². The number of aryl methyl sites for hydroxylation is 2. The minimum absolute atomic E-state index is 0.460. The van der Waals surface area contributed by atoms with E-state index in [9.17, 15) is 0 Å². The fourth-order valence-electron chi connectivity index (χ4n) is 10.4. The van der Waals surface area contributed by atoms with Crippen LogP contribution in [0, 0.1) is 13.8 Å². The van der Waals surface area contributed by atoms with Crippen molar-refractivity contribution in [1.82, 2.24) is 0 Å². The Morgan fingerprint density at radius 3 is 1.44 bits per heavy atom. The smallest absolute Gasteiger partial charge is 0.245 e. The molecule has 2 aliphatic carbocycles. The molecule has 0 unspecified atom stereocenters. The Labute approximate surface area is 378 Å². The van der Waals surface area contributed by atoms with Gasteiger partial charge in [0.05, 0.1) is 13.2 Å². The first-order valence-electron chi connectivity index (χ1n) is 22.5. The van der Waals surface area contributed by atoms with Crippen LogP contribution in [0.1, 0.15) is 78.6 Å². The topological polar surface area (TPSA) is 36.9 Å². The molecule has 0 fully saturated rings. The van der Waals surface area contributed by atoms with Crippen molar-refractivity contribution in [3.05, 3.63) is 226 Å². The molecule has 0 aromatic heterocycles. The van der Waals surface area contributed by atoms with E-state index < -0.39 is 16.6 Å². The molecule has 0 atom stereocenters. The van der Waals surface area contributed by atoms with E-state index in [0.29, 0.717) is 13.2 Å². The number of rotatable bonds is 13. The van der Waals surface area contributed by atoms with E-state index in [1.807, 2.05) is 50.2 Å². The van der Waals surface area contributed by atoms with Crippen molar-refractivity contribution in [1.29, 1.82) is 0 Å². The SMILES string of the molecule is Cc1ccc(OC(C)(C)Oc2c(-c3ccccc3OCCCOc3ccccc3)cc(C)cc2C2(C)c3ccccc3-c3ccccc32)c(C2(C)c3ccccc3-c3ccccc32)c1. The van der Waals surface area contributed by atoms with Crippen LogP contribution in [0.5, 0.6) is 23.0 Å². The molecule has 0 aliphatic heterocycles. The van der Waals surface area contributed by atoms with E-state index in [1.54, 1.807) is 0 Å². The van der Waals surface area contributed by atoms with Gasteiger partial charge in [-0.05, 0) is 108 Å². The Balaban J connectivity index is 1.09. The molecule has 2 aliphatic rings. The summed E-state index contributed by atoms with van der Waals surface area (Å²) in [5, 5.41) is 0. The van der Waals surface area contributed by atoms with Gasteiger partial charge in [0.2, 0.25) is 5.79 Å². The molecule has 0 amide bonds. The standard InChI is InChI=1S/C60H54O4/c1-40-33-34-56(53(38-40)59(5)49-28-15-10-23-43(49)44-24-11-16-29-50(44)59)63-58(3,4)64-57-48(47-27-14-19-32-55(47)62-36-20-35-61-42-21-8-7-9-22-42)37-41(2)39-54(57)60(6)51-30-17-12-25-45(51)46-26-13-18-31-52(46)60/h7-19,21-34,37-39H,20,35-36H2,1-6H3. The second-order valence-electron chi connectivity index (χ2n) is 18.1. The number of hydrogen-bond acceptors (Lipinski definition) is 4. The highest BCUT2D eigenvalue weighted by atomic mass is 16.7. The van der Waals surface area contributed by atoms with Crippen LogP contribution in [0.25, 0.3) is 33.4 Å². The molecule has 0 saturated heterocycles. The number of hydrogen-bond donors (Lipinski definition) is 0. The van der Waals surface area contributed by atoms with Crippen LogP contribution < -0.4 is 18.9 Å². The first-order valence-corrected chi connectivity index (χ1v) is 22.5. The van der Waals surface area contributed by atoms with E-state index in [1.165, 1.54) is 50.1 Å². The van der Waals surface area contributed by atoms with Gasteiger partial charge in [-0.15, -0.1) is 0 Å². The van der Waals surface area contributed by atoms with E-state index in [2.05, 4.69) is 173 Å². The molecular weight excluding hydrogens is 785 g/mol. The largest absolute Gasteiger partial charge is 0.493 e. The van der Waals surface area contributed by atoms with Gasteiger partial charge in [-0.1, -0.05) is 157 Å². The van der Waals surface area contributed by atoms with E-state index in [0.717, 1.165) is 57.2 Å². The summed E-state index contributed by atoms with van der Waals surface area (Å²) in [6.45, 7) is 14.1. The van der Waals surface area contributed by atoms with Gasteiger partial charge < -0.3 is 18.9 Å². The van der Waals surface area contributed by atoms with Crippen molar-refractivity contribution in [3.63, 3.8) is 0 Å². The van der Waals surface area contributed by atoms with Gasteiger partial charge in [0.25, 0.3) is 0 Å². The highest BCUT2D eigenvalue weighted by Gasteiger charge is 2.46. The monoisotopic (exact) mass is 838 g/mol. The van der Waals surface area contributed by atoms with Crippen LogP contribution in [-0.2, 0) is 10.8 Å². The molecule has 0 heterocycles. The predicted molar refractivity (Wildman–Crippen MR) is 260 cm³/mol. The van der Waals surface area contributed by atoms with Gasteiger partial charge in [0.15, 0.2) is 0 Å². The van der Waals surface area contributed by atoms with Gasteiger partial charge in [-0.2, -0.15) is 0 Å². The third kappa shape index (κ3) is 7.02. The molecule has 10 rings (SSSR count). The highest BCUT2D eigenvalue weighted by Crippen LogP contribution is 2.58. The molecule has 0 spiro atoms. The zero-order valence-electron chi connectivity index (χ0n) is 37.6. The van der Waals surface area contributed by atoms with Crippen LogP contribution >= 0.6 is 0 Å². The lowest BCUT2D eigenvalue weighted by Gasteiger charge is -2.37. The van der Waals surface area contributed by atoms with Crippen molar-refractivity contribution in [2.45, 2.75) is 64.6 Å². The van der Waals surface area contributed by atoms with Crippen LogP contribution in [0.4, 0.5) is 0 Å². The second-order valence-corrected chi connectivity index (χ2v) is 18.1. The Morgan fingerprint density at radius 1 is 0.391 bits per heavy atom. The summed E-state index contributed by atoms with van der Waals surface area (Å²) >= 11 is 0. The van der Waals surface area contributed by atoms with Crippen LogP contribution in [0.3, 0.4) is 0 Å². The summed E-state index contributed by atoms with van der Waals surface area (Å²) in [5.41, 5.74) is 15.4. The summed E-state index contributed by atoms with van der Waals surface area (Å²) in [4.78, 5) is 0. The van der Waals surface area contributed by atoms with Crippen LogP contribution in [-0.4, -0.2) is 19.0 Å². The lowest BCUT2D eigenvalue weighted by molar-refractivity contribution is -0.0822. The van der Waals surface area contributed by atoms with Gasteiger partial charge in [-0.3, -0.25) is 0 Å². The van der Waals surface area contributed by atoms with Crippen molar-refractivity contribution >= 4 is 0 Å². The second kappa shape index (κ2) is 16.3. The zero-order chi connectivity index (χ0) is 44.1. The minimum Gasteiger partial charge on any atom is -0.493 e. The molecule has 0 N–H and O–H groups in total. The van der Waals surface area contributed by atoms with E-state index >= 15 is 0 Å². The molecule has 64 heavy (non-hydrogen) atoms. The molecular formula is C60H54O4. The van der Waals surface area contributed by atoms with Gasteiger partial charge in [0.1, 0.15) is 23.0 Å². The lowest BCUT2D eigenvalue weighted by atomic mass is 9.72. The Hall–Kier alpha value is -7.04. The summed E-state index contributed by atoms with van der Waals surface area (Å²) in [7, 11) is 0. The Kier molecular flexibility index (Phi) is 10.4. The summed E-state index contributed by atoms with van der Waals surface area (Å²) in [5.74, 6) is 2.03. The maximum absolute atomic E-state index is 7.55. The fraction of sp³-hybridized carbons (Fsp3) is 0.200. The fourth-order valence-corrected chi connectivity index (χ4v) is 10.4. The maximum atomic E-state index is 7.55. The first-order chi connectivity index (χ1) is 31.1. The summed E-state index contributed by atoms with van der Waals surface area (Å²) < 4.78 is 27.5. The molecule has 318 valence electrons.